The Kier molecular flexibility index (Phi) is 5.43. The fraction of sp³-hybridized carbons (Fsp3) is 0.0870. The van der Waals surface area contributed by atoms with Gasteiger partial charge in [0.2, 0.25) is 0 Å². The van der Waals surface area contributed by atoms with Crippen LogP contribution >= 0.6 is 0 Å². The van der Waals surface area contributed by atoms with E-state index in [0.29, 0.717) is 18.1 Å². The summed E-state index contributed by atoms with van der Waals surface area (Å²) in [5.74, 6) is -0.614. The maximum atomic E-state index is 12.5. The summed E-state index contributed by atoms with van der Waals surface area (Å²) in [5, 5.41) is 9.20. The third kappa shape index (κ3) is 4.15. The van der Waals surface area contributed by atoms with Crippen LogP contribution in [0.4, 0.5) is 0 Å². The molecule has 4 rings (SSSR count). The van der Waals surface area contributed by atoms with Crippen LogP contribution in [0.1, 0.15) is 21.5 Å². The van der Waals surface area contributed by atoms with Gasteiger partial charge in [0, 0.05) is 12.3 Å². The van der Waals surface area contributed by atoms with E-state index in [4.69, 9.17) is 9.47 Å². The predicted molar refractivity (Wildman–Crippen MR) is 110 cm³/mol. The lowest BCUT2D eigenvalue weighted by Gasteiger charge is -2.14. The monoisotopic (exact) mass is 402 g/mol. The minimum Gasteiger partial charge on any atom is -0.485 e. The normalized spacial score (nSPS) is 10.7. The third-order valence-corrected chi connectivity index (χ3v) is 4.48. The molecule has 7 nitrogen and oxygen atoms in total. The number of hydrogen-bond acceptors (Lipinski definition) is 5. The Balaban J connectivity index is 1.71. The van der Waals surface area contributed by atoms with E-state index in [1.165, 1.54) is 6.20 Å². The van der Waals surface area contributed by atoms with Crippen LogP contribution in [0.15, 0.2) is 83.9 Å². The third-order valence-electron chi connectivity index (χ3n) is 4.48. The number of nitrogens with zero attached hydrogens (tertiary/aromatic N) is 2. The fourth-order valence-electron chi connectivity index (χ4n) is 2.92. The van der Waals surface area contributed by atoms with E-state index in [1.54, 1.807) is 6.07 Å². The molecular formula is C23H18N2O5. The van der Waals surface area contributed by atoms with Crippen molar-refractivity contribution in [2.75, 3.05) is 0 Å². The molecular weight excluding hydrogens is 384 g/mol. The molecule has 0 aliphatic carbocycles. The van der Waals surface area contributed by atoms with Crippen LogP contribution in [0.3, 0.4) is 0 Å². The minimum atomic E-state index is -1.34. The van der Waals surface area contributed by atoms with Crippen LogP contribution in [0.25, 0.3) is 5.65 Å². The molecule has 0 unspecified atom stereocenters. The Hall–Kier alpha value is -4.13. The second-order valence-electron chi connectivity index (χ2n) is 6.56. The van der Waals surface area contributed by atoms with Gasteiger partial charge in [-0.2, -0.15) is 0 Å². The summed E-state index contributed by atoms with van der Waals surface area (Å²) < 4.78 is 13.0. The first-order valence-corrected chi connectivity index (χ1v) is 9.24. The van der Waals surface area contributed by atoms with Crippen LogP contribution in [0.5, 0.6) is 11.5 Å². The van der Waals surface area contributed by atoms with E-state index in [1.807, 2.05) is 60.7 Å². The standard InChI is InChI=1S/C23H18N2O5/c26-22-18(23(27)28)12-24-21-11-19(29-14-16-7-3-1-4-8-16)20(13-25(21)22)30-15-17-9-5-2-6-10-17/h1-13H,14-15H2,(H,27,28). The largest absolute Gasteiger partial charge is 0.485 e. The number of hydrogen-bond donors (Lipinski definition) is 1. The number of carboxylic acid groups (broad SMARTS) is 1. The minimum absolute atomic E-state index is 0.259. The van der Waals surface area contributed by atoms with Crippen molar-refractivity contribution < 1.29 is 19.4 Å². The van der Waals surface area contributed by atoms with Gasteiger partial charge in [-0.25, -0.2) is 9.78 Å². The van der Waals surface area contributed by atoms with Crippen molar-refractivity contribution in [3.8, 4) is 11.5 Å². The van der Waals surface area contributed by atoms with Crippen molar-refractivity contribution in [1.82, 2.24) is 9.38 Å². The number of ether oxygens (including phenoxy) is 2. The first-order valence-electron chi connectivity index (χ1n) is 9.24. The average molecular weight is 402 g/mol. The predicted octanol–water partition coefficient (Wildman–Crippen LogP) is 3.55. The molecule has 0 aliphatic rings. The van der Waals surface area contributed by atoms with Gasteiger partial charge in [-0.15, -0.1) is 0 Å². The van der Waals surface area contributed by atoms with Gasteiger partial charge in [0.05, 0.1) is 6.20 Å². The molecule has 0 spiro atoms. The lowest BCUT2D eigenvalue weighted by Crippen LogP contribution is -2.23. The summed E-state index contributed by atoms with van der Waals surface area (Å²) in [6, 6.07) is 20.7. The van der Waals surface area contributed by atoms with Crippen molar-refractivity contribution in [2.24, 2.45) is 0 Å². The van der Waals surface area contributed by atoms with Gasteiger partial charge in [-0.1, -0.05) is 60.7 Å². The van der Waals surface area contributed by atoms with Crippen molar-refractivity contribution in [2.45, 2.75) is 13.2 Å². The Bertz CT molecular complexity index is 1240. The second-order valence-corrected chi connectivity index (χ2v) is 6.56. The molecule has 0 amide bonds. The molecule has 150 valence electrons. The zero-order valence-electron chi connectivity index (χ0n) is 15.9. The second kappa shape index (κ2) is 8.48. The maximum Gasteiger partial charge on any atom is 0.342 e. The summed E-state index contributed by atoms with van der Waals surface area (Å²) in [6.07, 6.45) is 2.46. The van der Waals surface area contributed by atoms with Gasteiger partial charge in [-0.3, -0.25) is 9.20 Å². The molecule has 0 radical (unpaired) electrons. The first kappa shape index (κ1) is 19.2. The number of aromatic carboxylic acids is 1. The molecule has 30 heavy (non-hydrogen) atoms. The molecule has 0 saturated heterocycles. The zero-order chi connectivity index (χ0) is 20.9. The molecule has 1 N–H and O–H groups in total. The number of benzene rings is 2. The van der Waals surface area contributed by atoms with E-state index < -0.39 is 17.1 Å². The Morgan fingerprint density at radius 2 is 1.47 bits per heavy atom. The molecule has 0 saturated carbocycles. The maximum absolute atomic E-state index is 12.5. The van der Waals surface area contributed by atoms with Crippen LogP contribution in [-0.2, 0) is 13.2 Å². The molecule has 0 aliphatic heterocycles. The SMILES string of the molecule is O=C(O)c1cnc2cc(OCc3ccccc3)c(OCc3ccccc3)cn2c1=O. The first-order chi connectivity index (χ1) is 14.6. The van der Waals surface area contributed by atoms with E-state index >= 15 is 0 Å². The van der Waals surface area contributed by atoms with Crippen molar-refractivity contribution in [3.05, 3.63) is 106 Å². The smallest absolute Gasteiger partial charge is 0.342 e. The van der Waals surface area contributed by atoms with Gasteiger partial charge in [-0.05, 0) is 11.1 Å². The van der Waals surface area contributed by atoms with Gasteiger partial charge in [0.1, 0.15) is 24.4 Å². The van der Waals surface area contributed by atoms with Crippen molar-refractivity contribution in [1.29, 1.82) is 0 Å². The fourth-order valence-corrected chi connectivity index (χ4v) is 2.92. The highest BCUT2D eigenvalue weighted by Gasteiger charge is 2.15. The van der Waals surface area contributed by atoms with E-state index in [0.717, 1.165) is 21.7 Å². The quantitative estimate of drug-likeness (QED) is 0.508. The van der Waals surface area contributed by atoms with Crippen molar-refractivity contribution in [3.63, 3.8) is 0 Å². The highest BCUT2D eigenvalue weighted by Crippen LogP contribution is 2.29. The summed E-state index contributed by atoms with van der Waals surface area (Å²) in [4.78, 5) is 27.9. The number of carboxylic acids is 1. The molecule has 2 heterocycles. The van der Waals surface area contributed by atoms with Gasteiger partial charge >= 0.3 is 5.97 Å². The van der Waals surface area contributed by atoms with E-state index in [9.17, 15) is 14.7 Å². The highest BCUT2D eigenvalue weighted by atomic mass is 16.5. The summed E-state index contributed by atoms with van der Waals surface area (Å²) in [5.41, 5.74) is 1.07. The van der Waals surface area contributed by atoms with Crippen LogP contribution in [0, 0.1) is 0 Å². The topological polar surface area (TPSA) is 90.1 Å². The summed E-state index contributed by atoms with van der Waals surface area (Å²) in [6.45, 7) is 0.561. The van der Waals surface area contributed by atoms with E-state index in [2.05, 4.69) is 4.98 Å². The Morgan fingerprint density at radius 1 is 0.900 bits per heavy atom. The average Bonchev–Trinajstić information content (AvgIpc) is 2.77. The lowest BCUT2D eigenvalue weighted by molar-refractivity contribution is 0.0694. The van der Waals surface area contributed by atoms with E-state index in [-0.39, 0.29) is 12.3 Å². The van der Waals surface area contributed by atoms with Crippen LogP contribution < -0.4 is 15.0 Å². The van der Waals surface area contributed by atoms with Gasteiger partial charge in [0.25, 0.3) is 5.56 Å². The van der Waals surface area contributed by atoms with Crippen LogP contribution in [-0.4, -0.2) is 20.5 Å². The molecule has 2 aromatic carbocycles. The number of fused-ring (bicyclic) bond motifs is 1. The molecule has 4 aromatic rings. The number of aromatic nitrogens is 2. The van der Waals surface area contributed by atoms with Gasteiger partial charge in [0.15, 0.2) is 11.5 Å². The number of pyridine rings is 1. The number of carbonyl (C=O) groups is 1. The zero-order valence-corrected chi connectivity index (χ0v) is 15.9. The molecule has 0 bridgehead atoms. The Morgan fingerprint density at radius 3 is 2.03 bits per heavy atom. The van der Waals surface area contributed by atoms with Gasteiger partial charge < -0.3 is 14.6 Å². The molecule has 2 aromatic heterocycles. The summed E-state index contributed by atoms with van der Waals surface area (Å²) in [7, 11) is 0. The molecule has 0 atom stereocenters. The number of rotatable bonds is 7. The lowest BCUT2D eigenvalue weighted by atomic mass is 10.2. The highest BCUT2D eigenvalue weighted by molar-refractivity contribution is 5.87. The molecule has 7 heteroatoms. The van der Waals surface area contributed by atoms with Crippen LogP contribution in [0.2, 0.25) is 0 Å². The molecule has 0 fully saturated rings. The van der Waals surface area contributed by atoms with Crippen molar-refractivity contribution >= 4 is 11.6 Å². The summed E-state index contributed by atoms with van der Waals surface area (Å²) >= 11 is 0. The Labute approximate surface area is 171 Å².